The molecule has 17 heavy (non-hydrogen) atoms. The van der Waals surface area contributed by atoms with E-state index in [2.05, 4.69) is 24.4 Å². The minimum absolute atomic E-state index is 0.562. The van der Waals surface area contributed by atoms with Crippen LogP contribution >= 0.6 is 0 Å². The lowest BCUT2D eigenvalue weighted by molar-refractivity contribution is 0.418. The van der Waals surface area contributed by atoms with Gasteiger partial charge in [0.25, 0.3) is 0 Å². The lowest BCUT2D eigenvalue weighted by Gasteiger charge is -2.17. The Bertz CT molecular complexity index is 409. The summed E-state index contributed by atoms with van der Waals surface area (Å²) in [7, 11) is 0. The zero-order valence-electron chi connectivity index (χ0n) is 10.6. The average Bonchev–Trinajstić information content (AvgIpc) is 3.08. The van der Waals surface area contributed by atoms with Crippen molar-refractivity contribution >= 4 is 5.69 Å². The Labute approximate surface area is 104 Å². The molecule has 1 fully saturated rings. The van der Waals surface area contributed by atoms with E-state index in [1.807, 2.05) is 6.07 Å². The van der Waals surface area contributed by atoms with Crippen LogP contribution in [0.1, 0.15) is 43.4 Å². The molecule has 3 N–H and O–H groups in total. The first kappa shape index (κ1) is 11.1. The fourth-order valence-electron chi connectivity index (χ4n) is 3.01. The number of rotatable bonds is 4. The summed E-state index contributed by atoms with van der Waals surface area (Å²) in [5.41, 5.74) is 9.65. The first-order chi connectivity index (χ1) is 8.24. The predicted molar refractivity (Wildman–Crippen MR) is 71.8 cm³/mol. The van der Waals surface area contributed by atoms with Gasteiger partial charge in [0, 0.05) is 11.7 Å². The number of nitrogens with one attached hydrogen (secondary N) is 1. The standard InChI is InChI=1S/C15H22N2/c1-10(11-2-3-11)9-17-15-7-4-12-8-13(16)5-6-14(12)15/h5-6,8,10-11,15,17H,2-4,7,9,16H2,1H3. The molecule has 0 radical (unpaired) electrons. The van der Waals surface area contributed by atoms with Crippen molar-refractivity contribution in [3.8, 4) is 0 Å². The highest BCUT2D eigenvalue weighted by Gasteiger charge is 2.29. The van der Waals surface area contributed by atoms with Crippen LogP contribution in [0, 0.1) is 11.8 Å². The van der Waals surface area contributed by atoms with E-state index in [0.717, 1.165) is 17.5 Å². The summed E-state index contributed by atoms with van der Waals surface area (Å²) in [4.78, 5) is 0. The quantitative estimate of drug-likeness (QED) is 0.781. The van der Waals surface area contributed by atoms with Gasteiger partial charge in [0.05, 0.1) is 0 Å². The average molecular weight is 230 g/mol. The zero-order valence-corrected chi connectivity index (χ0v) is 10.6. The second-order valence-corrected chi connectivity index (χ2v) is 5.77. The molecular weight excluding hydrogens is 208 g/mol. The molecule has 0 saturated heterocycles. The summed E-state index contributed by atoms with van der Waals surface area (Å²) in [5.74, 6) is 1.84. The maximum Gasteiger partial charge on any atom is 0.0326 e. The van der Waals surface area contributed by atoms with Crippen molar-refractivity contribution in [1.29, 1.82) is 0 Å². The molecule has 92 valence electrons. The van der Waals surface area contributed by atoms with Crippen LogP contribution < -0.4 is 11.1 Å². The molecule has 2 aliphatic rings. The fourth-order valence-corrected chi connectivity index (χ4v) is 3.01. The molecular formula is C15H22N2. The summed E-state index contributed by atoms with van der Waals surface area (Å²) >= 11 is 0. The van der Waals surface area contributed by atoms with Gasteiger partial charge in [-0.25, -0.2) is 0 Å². The third-order valence-electron chi connectivity index (χ3n) is 4.36. The Balaban J connectivity index is 1.62. The largest absolute Gasteiger partial charge is 0.399 e. The molecule has 2 unspecified atom stereocenters. The lowest BCUT2D eigenvalue weighted by Crippen LogP contribution is -2.25. The molecule has 2 heteroatoms. The minimum atomic E-state index is 0.562. The number of anilines is 1. The summed E-state index contributed by atoms with van der Waals surface area (Å²) in [6.07, 6.45) is 5.30. The molecule has 1 saturated carbocycles. The van der Waals surface area contributed by atoms with E-state index in [-0.39, 0.29) is 0 Å². The highest BCUT2D eigenvalue weighted by atomic mass is 14.9. The molecule has 0 heterocycles. The highest BCUT2D eigenvalue weighted by Crippen LogP contribution is 2.37. The van der Waals surface area contributed by atoms with Gasteiger partial charge in [-0.1, -0.05) is 13.0 Å². The number of fused-ring (bicyclic) bond motifs is 1. The molecule has 0 spiro atoms. The summed E-state index contributed by atoms with van der Waals surface area (Å²) in [5, 5.41) is 3.74. The highest BCUT2D eigenvalue weighted by molar-refractivity contribution is 5.47. The topological polar surface area (TPSA) is 38.0 Å². The lowest BCUT2D eigenvalue weighted by atomic mass is 10.0. The van der Waals surface area contributed by atoms with E-state index in [4.69, 9.17) is 5.73 Å². The van der Waals surface area contributed by atoms with Gasteiger partial charge in [0.15, 0.2) is 0 Å². The van der Waals surface area contributed by atoms with Gasteiger partial charge in [-0.3, -0.25) is 0 Å². The van der Waals surface area contributed by atoms with Gasteiger partial charge in [0.2, 0.25) is 0 Å². The van der Waals surface area contributed by atoms with Crippen LogP contribution in [0.2, 0.25) is 0 Å². The first-order valence-corrected chi connectivity index (χ1v) is 6.85. The summed E-state index contributed by atoms with van der Waals surface area (Å²) in [6, 6.07) is 6.94. The molecule has 2 aliphatic carbocycles. The Morgan fingerprint density at radius 3 is 2.94 bits per heavy atom. The molecule has 0 amide bonds. The van der Waals surface area contributed by atoms with Crippen molar-refractivity contribution < 1.29 is 0 Å². The van der Waals surface area contributed by atoms with Crippen LogP contribution in [0.5, 0.6) is 0 Å². The zero-order chi connectivity index (χ0) is 11.8. The Kier molecular flexibility index (Phi) is 2.83. The van der Waals surface area contributed by atoms with Crippen LogP contribution in [0.25, 0.3) is 0 Å². The van der Waals surface area contributed by atoms with Crippen LogP contribution in [0.3, 0.4) is 0 Å². The second kappa shape index (κ2) is 4.34. The second-order valence-electron chi connectivity index (χ2n) is 5.77. The monoisotopic (exact) mass is 230 g/mol. The maximum atomic E-state index is 5.83. The Hall–Kier alpha value is -1.02. The number of nitrogens with two attached hydrogens (primary N) is 1. The van der Waals surface area contributed by atoms with Crippen molar-refractivity contribution in [1.82, 2.24) is 5.32 Å². The molecule has 1 aromatic rings. The van der Waals surface area contributed by atoms with E-state index in [0.29, 0.717) is 6.04 Å². The van der Waals surface area contributed by atoms with Crippen molar-refractivity contribution in [2.75, 3.05) is 12.3 Å². The van der Waals surface area contributed by atoms with E-state index in [1.165, 1.54) is 43.4 Å². The normalized spacial score (nSPS) is 24.6. The SMILES string of the molecule is CC(CNC1CCc2cc(N)ccc21)C1CC1. The Morgan fingerprint density at radius 2 is 2.18 bits per heavy atom. The number of hydrogen-bond acceptors (Lipinski definition) is 2. The number of nitrogen functional groups attached to an aromatic ring is 1. The van der Waals surface area contributed by atoms with Crippen LogP contribution in [0.15, 0.2) is 18.2 Å². The maximum absolute atomic E-state index is 5.83. The Morgan fingerprint density at radius 1 is 1.35 bits per heavy atom. The molecule has 0 aromatic heterocycles. The van der Waals surface area contributed by atoms with Gasteiger partial charge in [-0.05, 0) is 67.3 Å². The van der Waals surface area contributed by atoms with Gasteiger partial charge < -0.3 is 11.1 Å². The van der Waals surface area contributed by atoms with E-state index < -0.39 is 0 Å². The minimum Gasteiger partial charge on any atom is -0.399 e. The third-order valence-corrected chi connectivity index (χ3v) is 4.36. The molecule has 2 atom stereocenters. The molecule has 0 aliphatic heterocycles. The van der Waals surface area contributed by atoms with Crippen molar-refractivity contribution in [3.05, 3.63) is 29.3 Å². The van der Waals surface area contributed by atoms with Gasteiger partial charge >= 0.3 is 0 Å². The van der Waals surface area contributed by atoms with E-state index in [1.54, 1.807) is 0 Å². The van der Waals surface area contributed by atoms with Gasteiger partial charge in [-0.15, -0.1) is 0 Å². The molecule has 3 rings (SSSR count). The molecule has 0 bridgehead atoms. The van der Waals surface area contributed by atoms with Crippen LogP contribution in [-0.2, 0) is 6.42 Å². The smallest absolute Gasteiger partial charge is 0.0326 e. The van der Waals surface area contributed by atoms with Gasteiger partial charge in [-0.2, -0.15) is 0 Å². The van der Waals surface area contributed by atoms with Crippen LogP contribution in [-0.4, -0.2) is 6.54 Å². The van der Waals surface area contributed by atoms with E-state index >= 15 is 0 Å². The number of benzene rings is 1. The van der Waals surface area contributed by atoms with Crippen LogP contribution in [0.4, 0.5) is 5.69 Å². The van der Waals surface area contributed by atoms with Crippen molar-refractivity contribution in [2.24, 2.45) is 11.8 Å². The number of hydrogen-bond donors (Lipinski definition) is 2. The molecule has 2 nitrogen and oxygen atoms in total. The number of aryl methyl sites for hydroxylation is 1. The summed E-state index contributed by atoms with van der Waals surface area (Å²) in [6.45, 7) is 3.54. The first-order valence-electron chi connectivity index (χ1n) is 6.85. The molecule has 1 aromatic carbocycles. The predicted octanol–water partition coefficient (Wildman–Crippen LogP) is 2.89. The van der Waals surface area contributed by atoms with Gasteiger partial charge in [0.1, 0.15) is 0 Å². The summed E-state index contributed by atoms with van der Waals surface area (Å²) < 4.78 is 0. The van der Waals surface area contributed by atoms with E-state index in [9.17, 15) is 0 Å². The third kappa shape index (κ3) is 2.32. The van der Waals surface area contributed by atoms with Crippen molar-refractivity contribution in [2.45, 2.75) is 38.6 Å². The van der Waals surface area contributed by atoms with Crippen molar-refractivity contribution in [3.63, 3.8) is 0 Å². The fraction of sp³-hybridized carbons (Fsp3) is 0.600.